The number of carbonyl (C=O) groups is 1. The zero-order valence-electron chi connectivity index (χ0n) is 10.9. The van der Waals surface area contributed by atoms with E-state index in [1.807, 2.05) is 25.2 Å². The second-order valence-corrected chi connectivity index (χ2v) is 4.86. The Bertz CT molecular complexity index is 652. The van der Waals surface area contributed by atoms with Gasteiger partial charge in [-0.25, -0.2) is 4.68 Å². The van der Waals surface area contributed by atoms with Crippen LogP contribution in [0.5, 0.6) is 0 Å². The first-order valence-electron chi connectivity index (χ1n) is 6.07. The van der Waals surface area contributed by atoms with Crippen molar-refractivity contribution in [3.8, 4) is 0 Å². The molecule has 0 amide bonds. The Morgan fingerprint density at radius 3 is 2.89 bits per heavy atom. The van der Waals surface area contributed by atoms with Gasteiger partial charge in [0.2, 0.25) is 0 Å². The zero-order valence-corrected chi connectivity index (χ0v) is 10.9. The number of carbonyl (C=O) groups excluding carboxylic acids is 1. The van der Waals surface area contributed by atoms with Gasteiger partial charge in [-0.05, 0) is 11.6 Å². The third kappa shape index (κ3) is 1.83. The van der Waals surface area contributed by atoms with E-state index in [1.165, 1.54) is 10.9 Å². The minimum atomic E-state index is -0.183. The van der Waals surface area contributed by atoms with Crippen molar-refractivity contribution in [3.63, 3.8) is 0 Å². The molecule has 0 saturated heterocycles. The van der Waals surface area contributed by atoms with E-state index >= 15 is 0 Å². The van der Waals surface area contributed by atoms with Crippen LogP contribution in [0.4, 0.5) is 5.69 Å². The highest BCUT2D eigenvalue weighted by Gasteiger charge is 2.33. The lowest BCUT2D eigenvalue weighted by Gasteiger charge is -2.12. The maximum Gasteiger partial charge on any atom is 0.191 e. The predicted molar refractivity (Wildman–Crippen MR) is 73.2 cm³/mol. The van der Waals surface area contributed by atoms with Crippen molar-refractivity contribution in [3.05, 3.63) is 35.7 Å². The second-order valence-electron chi connectivity index (χ2n) is 4.86. The van der Waals surface area contributed by atoms with Gasteiger partial charge < -0.3 is 4.90 Å². The standard InChI is InChI=1S/C13H13BN4O/c1-17-7-10(9-4-3-8(14)5-11(9)17)13(19)12-6-15-16-18(12)2/h3-6,10H,7H2,1-2H3. The highest BCUT2D eigenvalue weighted by molar-refractivity contribution is 6.32. The van der Waals surface area contributed by atoms with Gasteiger partial charge in [-0.2, -0.15) is 0 Å². The van der Waals surface area contributed by atoms with Gasteiger partial charge in [0.1, 0.15) is 13.5 Å². The summed E-state index contributed by atoms with van der Waals surface area (Å²) in [6.07, 6.45) is 1.51. The number of Topliss-reactive ketones (excluding diaryl/α,β-unsaturated/α-hetero) is 1. The Balaban J connectivity index is 2.01. The van der Waals surface area contributed by atoms with Gasteiger partial charge in [0.25, 0.3) is 0 Å². The van der Waals surface area contributed by atoms with Gasteiger partial charge in [-0.1, -0.05) is 22.8 Å². The van der Waals surface area contributed by atoms with Crippen LogP contribution >= 0.6 is 0 Å². The fourth-order valence-electron chi connectivity index (χ4n) is 2.57. The lowest BCUT2D eigenvalue weighted by atomic mass is 9.90. The summed E-state index contributed by atoms with van der Waals surface area (Å²) in [6, 6.07) is 5.67. The molecule has 19 heavy (non-hydrogen) atoms. The number of fused-ring (bicyclic) bond motifs is 1. The molecule has 0 N–H and O–H groups in total. The largest absolute Gasteiger partial charge is 0.373 e. The zero-order chi connectivity index (χ0) is 13.6. The molecular formula is C13H13BN4O. The monoisotopic (exact) mass is 252 g/mol. The Morgan fingerprint density at radius 1 is 1.42 bits per heavy atom. The van der Waals surface area contributed by atoms with Gasteiger partial charge >= 0.3 is 0 Å². The van der Waals surface area contributed by atoms with E-state index in [1.54, 1.807) is 7.05 Å². The van der Waals surface area contributed by atoms with E-state index in [9.17, 15) is 4.79 Å². The van der Waals surface area contributed by atoms with Crippen molar-refractivity contribution in [1.29, 1.82) is 0 Å². The van der Waals surface area contributed by atoms with Crippen LogP contribution in [0.1, 0.15) is 22.0 Å². The van der Waals surface area contributed by atoms with Gasteiger partial charge in [0.15, 0.2) is 5.78 Å². The van der Waals surface area contributed by atoms with Crippen molar-refractivity contribution in [2.75, 3.05) is 18.5 Å². The molecule has 0 fully saturated rings. The second kappa shape index (κ2) is 4.22. The van der Waals surface area contributed by atoms with Crippen LogP contribution in [0.15, 0.2) is 24.4 Å². The smallest absolute Gasteiger partial charge is 0.191 e. The van der Waals surface area contributed by atoms with E-state index < -0.39 is 0 Å². The summed E-state index contributed by atoms with van der Waals surface area (Å²) in [7, 11) is 9.49. The van der Waals surface area contributed by atoms with E-state index in [-0.39, 0.29) is 11.7 Å². The Kier molecular flexibility index (Phi) is 2.66. The van der Waals surface area contributed by atoms with Crippen LogP contribution < -0.4 is 10.4 Å². The number of likely N-dealkylation sites (N-methyl/N-ethyl adjacent to an activating group) is 1. The minimum absolute atomic E-state index is 0.0443. The quantitative estimate of drug-likeness (QED) is 0.558. The number of nitrogens with zero attached hydrogens (tertiary/aromatic N) is 4. The molecule has 2 radical (unpaired) electrons. The molecule has 94 valence electrons. The van der Waals surface area contributed by atoms with Crippen molar-refractivity contribution >= 4 is 24.8 Å². The first-order valence-corrected chi connectivity index (χ1v) is 6.07. The minimum Gasteiger partial charge on any atom is -0.373 e. The van der Waals surface area contributed by atoms with Gasteiger partial charge in [-0.15, -0.1) is 5.10 Å². The fraction of sp³-hybridized carbons (Fsp3) is 0.308. The molecule has 1 aromatic heterocycles. The summed E-state index contributed by atoms with van der Waals surface area (Å²) >= 11 is 0. The topological polar surface area (TPSA) is 51.0 Å². The van der Waals surface area contributed by atoms with Crippen LogP contribution in [-0.4, -0.2) is 42.2 Å². The Morgan fingerprint density at radius 2 is 2.21 bits per heavy atom. The molecule has 0 aliphatic carbocycles. The Labute approximate surface area is 112 Å². The molecule has 3 rings (SSSR count). The summed E-state index contributed by atoms with van der Waals surface area (Å²) in [4.78, 5) is 14.6. The molecule has 2 heterocycles. The number of hydrogen-bond donors (Lipinski definition) is 0. The van der Waals surface area contributed by atoms with Crippen LogP contribution in [0.3, 0.4) is 0 Å². The van der Waals surface area contributed by atoms with Crippen LogP contribution in [-0.2, 0) is 7.05 Å². The number of ketones is 1. The molecular weight excluding hydrogens is 239 g/mol. The number of anilines is 1. The highest BCUT2D eigenvalue weighted by Crippen LogP contribution is 2.36. The van der Waals surface area contributed by atoms with E-state index in [0.717, 1.165) is 11.3 Å². The highest BCUT2D eigenvalue weighted by atomic mass is 16.1. The summed E-state index contributed by atoms with van der Waals surface area (Å²) in [6.45, 7) is 0.656. The van der Waals surface area contributed by atoms with Crippen LogP contribution in [0.25, 0.3) is 0 Å². The molecule has 5 nitrogen and oxygen atoms in total. The number of aryl methyl sites for hydroxylation is 1. The number of rotatable bonds is 2. The average molecular weight is 252 g/mol. The molecule has 0 bridgehead atoms. The van der Waals surface area contributed by atoms with Gasteiger partial charge in [0.05, 0.1) is 12.1 Å². The summed E-state index contributed by atoms with van der Waals surface area (Å²) in [5.74, 6) is -0.138. The molecule has 6 heteroatoms. The first-order chi connectivity index (χ1) is 9.08. The Hall–Kier alpha value is -2.11. The lowest BCUT2D eigenvalue weighted by Crippen LogP contribution is -2.22. The molecule has 1 aromatic carbocycles. The predicted octanol–water partition coefficient (Wildman–Crippen LogP) is 0.0252. The molecule has 1 atom stereocenters. The van der Waals surface area contributed by atoms with Crippen LogP contribution in [0.2, 0.25) is 0 Å². The van der Waals surface area contributed by atoms with Crippen molar-refractivity contribution in [2.24, 2.45) is 7.05 Å². The number of benzene rings is 1. The summed E-state index contributed by atoms with van der Waals surface area (Å²) < 4.78 is 1.51. The third-order valence-corrected chi connectivity index (χ3v) is 3.58. The SMILES string of the molecule is [B]c1ccc2c(c1)N(C)CC2C(=O)c1cnnn1C. The van der Waals surface area contributed by atoms with E-state index in [4.69, 9.17) is 7.85 Å². The summed E-state index contributed by atoms with van der Waals surface area (Å²) in [5, 5.41) is 7.57. The maximum absolute atomic E-state index is 12.6. The maximum atomic E-state index is 12.6. The summed E-state index contributed by atoms with van der Waals surface area (Å²) in [5.41, 5.74) is 3.28. The van der Waals surface area contributed by atoms with Gasteiger partial charge in [-0.3, -0.25) is 4.79 Å². The van der Waals surface area contributed by atoms with Crippen molar-refractivity contribution in [1.82, 2.24) is 15.0 Å². The third-order valence-electron chi connectivity index (χ3n) is 3.58. The molecule has 0 spiro atoms. The van der Waals surface area contributed by atoms with Crippen molar-refractivity contribution in [2.45, 2.75) is 5.92 Å². The molecule has 0 saturated carbocycles. The molecule has 2 aromatic rings. The number of hydrogen-bond acceptors (Lipinski definition) is 4. The molecule has 1 aliphatic rings. The van der Waals surface area contributed by atoms with Crippen molar-refractivity contribution < 1.29 is 4.79 Å². The average Bonchev–Trinajstić information content (AvgIpc) is 2.94. The molecule has 1 unspecified atom stereocenters. The van der Waals surface area contributed by atoms with E-state index in [0.29, 0.717) is 17.7 Å². The van der Waals surface area contributed by atoms with Gasteiger partial charge in [0, 0.05) is 26.3 Å². The van der Waals surface area contributed by atoms with E-state index in [2.05, 4.69) is 15.2 Å². The lowest BCUT2D eigenvalue weighted by molar-refractivity contribution is 0.0956. The van der Waals surface area contributed by atoms with Crippen LogP contribution in [0, 0.1) is 0 Å². The number of aromatic nitrogens is 3. The normalized spacial score (nSPS) is 17.6. The fourth-order valence-corrected chi connectivity index (χ4v) is 2.57. The first kappa shape index (κ1) is 12.0. The molecule has 1 aliphatic heterocycles.